The third kappa shape index (κ3) is 5.19. The van der Waals surface area contributed by atoms with Crippen molar-refractivity contribution in [1.29, 1.82) is 0 Å². The van der Waals surface area contributed by atoms with E-state index >= 15 is 0 Å². The molecule has 1 aromatic carbocycles. The summed E-state index contributed by atoms with van der Waals surface area (Å²) in [5, 5.41) is 22.2. The number of rotatable bonds is 6. The van der Waals surface area contributed by atoms with Gasteiger partial charge in [-0.1, -0.05) is 24.3 Å². The van der Waals surface area contributed by atoms with Crippen LogP contribution < -0.4 is 5.32 Å². The highest BCUT2D eigenvalue weighted by Crippen LogP contribution is 2.18. The van der Waals surface area contributed by atoms with Crippen LogP contribution in [0.4, 0.5) is 0 Å². The Labute approximate surface area is 112 Å². The molecular formula is C14H19NO4. The predicted molar refractivity (Wildman–Crippen MR) is 70.5 cm³/mol. The van der Waals surface area contributed by atoms with Crippen molar-refractivity contribution in [3.05, 3.63) is 35.4 Å². The first kappa shape index (κ1) is 15.3. The number of amides is 1. The zero-order chi connectivity index (χ0) is 14.4. The zero-order valence-corrected chi connectivity index (χ0v) is 11.1. The number of benzene rings is 1. The molecule has 0 aliphatic rings. The second kappa shape index (κ2) is 7.01. The van der Waals surface area contributed by atoms with Crippen LogP contribution in [0.5, 0.6) is 0 Å². The van der Waals surface area contributed by atoms with Crippen molar-refractivity contribution in [2.75, 3.05) is 6.54 Å². The summed E-state index contributed by atoms with van der Waals surface area (Å²) in [6, 6.07) is 6.87. The molecule has 0 aliphatic carbocycles. The number of carbonyl (C=O) groups excluding carboxylic acids is 2. The number of Topliss-reactive ketones (excluding diaryl/α,β-unsaturated/α-hetero) is 1. The predicted octanol–water partition coefficient (Wildman–Crippen LogP) is 0.348. The van der Waals surface area contributed by atoms with Crippen molar-refractivity contribution in [1.82, 2.24) is 5.32 Å². The molecule has 2 unspecified atom stereocenters. The summed E-state index contributed by atoms with van der Waals surface area (Å²) in [6.07, 6.45) is -1.89. The molecule has 3 N–H and O–H groups in total. The highest BCUT2D eigenvalue weighted by atomic mass is 16.3. The van der Waals surface area contributed by atoms with Gasteiger partial charge in [-0.25, -0.2) is 0 Å². The number of hydrogen-bond donors (Lipinski definition) is 3. The quantitative estimate of drug-likeness (QED) is 0.692. The van der Waals surface area contributed by atoms with E-state index in [-0.39, 0.29) is 18.2 Å². The maximum Gasteiger partial charge on any atom is 0.216 e. The van der Waals surface area contributed by atoms with Crippen molar-refractivity contribution in [3.63, 3.8) is 0 Å². The van der Waals surface area contributed by atoms with Crippen molar-refractivity contribution in [2.45, 2.75) is 32.5 Å². The summed E-state index contributed by atoms with van der Waals surface area (Å²) >= 11 is 0. The Morgan fingerprint density at radius 1 is 1.26 bits per heavy atom. The third-order valence-electron chi connectivity index (χ3n) is 2.67. The highest BCUT2D eigenvalue weighted by molar-refractivity contribution is 5.78. The van der Waals surface area contributed by atoms with Gasteiger partial charge < -0.3 is 15.5 Å². The van der Waals surface area contributed by atoms with Crippen molar-refractivity contribution in [2.24, 2.45) is 0 Å². The summed E-state index contributed by atoms with van der Waals surface area (Å²) < 4.78 is 0. The molecule has 0 aromatic heterocycles. The van der Waals surface area contributed by atoms with E-state index in [1.807, 2.05) is 0 Å². The molecule has 0 bridgehead atoms. The minimum atomic E-state index is -1.10. The van der Waals surface area contributed by atoms with Crippen LogP contribution in [0.15, 0.2) is 24.3 Å². The van der Waals surface area contributed by atoms with Crippen LogP contribution in [0.25, 0.3) is 0 Å². The first-order valence-electron chi connectivity index (χ1n) is 6.09. The number of aliphatic hydroxyl groups excluding tert-OH is 2. The molecule has 1 aromatic rings. The zero-order valence-electron chi connectivity index (χ0n) is 11.1. The molecule has 19 heavy (non-hydrogen) atoms. The van der Waals surface area contributed by atoms with Gasteiger partial charge in [0, 0.05) is 19.9 Å². The van der Waals surface area contributed by atoms with Crippen LogP contribution in [-0.2, 0) is 16.0 Å². The molecule has 5 heteroatoms. The first-order chi connectivity index (χ1) is 8.90. The molecule has 104 valence electrons. The van der Waals surface area contributed by atoms with Crippen LogP contribution in [0.2, 0.25) is 0 Å². The van der Waals surface area contributed by atoms with E-state index in [2.05, 4.69) is 5.32 Å². The van der Waals surface area contributed by atoms with Crippen molar-refractivity contribution in [3.8, 4) is 0 Å². The second-order valence-corrected chi connectivity index (χ2v) is 4.57. The number of ketones is 1. The minimum absolute atomic E-state index is 0.0204. The van der Waals surface area contributed by atoms with E-state index in [4.69, 9.17) is 0 Å². The summed E-state index contributed by atoms with van der Waals surface area (Å²) in [5.41, 5.74) is 1.31. The van der Waals surface area contributed by atoms with Gasteiger partial charge in [-0.15, -0.1) is 0 Å². The fourth-order valence-corrected chi connectivity index (χ4v) is 1.76. The maximum absolute atomic E-state index is 11.0. The van der Waals surface area contributed by atoms with E-state index in [1.54, 1.807) is 24.3 Å². The fourth-order valence-electron chi connectivity index (χ4n) is 1.76. The van der Waals surface area contributed by atoms with Gasteiger partial charge in [0.1, 0.15) is 18.0 Å². The summed E-state index contributed by atoms with van der Waals surface area (Å²) in [4.78, 5) is 21.8. The molecule has 1 amide bonds. The first-order valence-corrected chi connectivity index (χ1v) is 6.09. The minimum Gasteiger partial charge on any atom is -0.388 e. The van der Waals surface area contributed by atoms with Crippen LogP contribution in [0, 0.1) is 0 Å². The van der Waals surface area contributed by atoms with Gasteiger partial charge in [0.2, 0.25) is 5.91 Å². The monoisotopic (exact) mass is 265 g/mol. The number of nitrogens with one attached hydrogen (secondary N) is 1. The average molecular weight is 265 g/mol. The van der Waals surface area contributed by atoms with Crippen LogP contribution in [0.3, 0.4) is 0 Å². The van der Waals surface area contributed by atoms with Gasteiger partial charge in [-0.3, -0.25) is 9.59 Å². The van der Waals surface area contributed by atoms with Crippen LogP contribution in [-0.4, -0.2) is 34.6 Å². The number of carbonyl (C=O) groups is 2. The maximum atomic E-state index is 11.0. The fraction of sp³-hybridized carbons (Fsp3) is 0.429. The summed E-state index contributed by atoms with van der Waals surface area (Å²) in [6.45, 7) is 2.81. The SMILES string of the molecule is CC(=O)Cc1cccc(C(O)C(O)CNC(C)=O)c1. The molecule has 1 rings (SSSR count). The second-order valence-electron chi connectivity index (χ2n) is 4.57. The molecular weight excluding hydrogens is 246 g/mol. The number of aliphatic hydroxyl groups is 2. The Kier molecular flexibility index (Phi) is 5.66. The molecule has 0 radical (unpaired) electrons. The molecule has 5 nitrogen and oxygen atoms in total. The van der Waals surface area contributed by atoms with Gasteiger partial charge in [0.25, 0.3) is 0 Å². The van der Waals surface area contributed by atoms with Gasteiger partial charge in [0.15, 0.2) is 0 Å². The van der Waals surface area contributed by atoms with Crippen LogP contribution in [0.1, 0.15) is 31.1 Å². The lowest BCUT2D eigenvalue weighted by Crippen LogP contribution is -2.34. The Morgan fingerprint density at radius 3 is 2.53 bits per heavy atom. The molecule has 0 spiro atoms. The Bertz CT molecular complexity index is 459. The van der Waals surface area contributed by atoms with E-state index in [0.717, 1.165) is 5.56 Å². The van der Waals surface area contributed by atoms with E-state index in [0.29, 0.717) is 12.0 Å². The summed E-state index contributed by atoms with van der Waals surface area (Å²) in [5.74, 6) is -0.234. The Balaban J connectivity index is 2.72. The van der Waals surface area contributed by atoms with Gasteiger partial charge >= 0.3 is 0 Å². The van der Waals surface area contributed by atoms with Crippen LogP contribution >= 0.6 is 0 Å². The molecule has 0 aliphatic heterocycles. The lowest BCUT2D eigenvalue weighted by atomic mass is 10.00. The van der Waals surface area contributed by atoms with Gasteiger partial charge in [-0.2, -0.15) is 0 Å². The van der Waals surface area contributed by atoms with Gasteiger partial charge in [0.05, 0.1) is 0 Å². The largest absolute Gasteiger partial charge is 0.388 e. The van der Waals surface area contributed by atoms with Crippen molar-refractivity contribution < 1.29 is 19.8 Å². The Morgan fingerprint density at radius 2 is 1.95 bits per heavy atom. The highest BCUT2D eigenvalue weighted by Gasteiger charge is 2.18. The number of hydrogen-bond acceptors (Lipinski definition) is 4. The third-order valence-corrected chi connectivity index (χ3v) is 2.67. The molecule has 2 atom stereocenters. The lowest BCUT2D eigenvalue weighted by molar-refractivity contribution is -0.120. The molecule has 0 saturated carbocycles. The molecule has 0 fully saturated rings. The normalized spacial score (nSPS) is 13.7. The topological polar surface area (TPSA) is 86.6 Å². The molecule has 0 heterocycles. The smallest absolute Gasteiger partial charge is 0.216 e. The molecule has 0 saturated heterocycles. The summed E-state index contributed by atoms with van der Waals surface area (Å²) in [7, 11) is 0. The lowest BCUT2D eigenvalue weighted by Gasteiger charge is -2.18. The van der Waals surface area contributed by atoms with E-state index < -0.39 is 12.2 Å². The standard InChI is InChI=1S/C14H19NO4/c1-9(16)6-11-4-3-5-12(7-11)14(19)13(18)8-15-10(2)17/h3-5,7,13-14,18-19H,6,8H2,1-2H3,(H,15,17). The van der Waals surface area contributed by atoms with Gasteiger partial charge in [-0.05, 0) is 18.1 Å². The van der Waals surface area contributed by atoms with Crippen molar-refractivity contribution >= 4 is 11.7 Å². The van der Waals surface area contributed by atoms with E-state index in [1.165, 1.54) is 13.8 Å². The average Bonchev–Trinajstić information content (AvgIpc) is 2.34. The Hall–Kier alpha value is -1.72. The van der Waals surface area contributed by atoms with E-state index in [9.17, 15) is 19.8 Å².